The summed E-state index contributed by atoms with van der Waals surface area (Å²) in [6.45, 7) is 6.80. The van der Waals surface area contributed by atoms with Crippen LogP contribution in [0.3, 0.4) is 0 Å². The molecule has 18 heavy (non-hydrogen) atoms. The highest BCUT2D eigenvalue weighted by Crippen LogP contribution is 2.36. The van der Waals surface area contributed by atoms with Gasteiger partial charge in [0.1, 0.15) is 0 Å². The van der Waals surface area contributed by atoms with Crippen molar-refractivity contribution in [3.8, 4) is 0 Å². The number of nitrogens with two attached hydrogens (primary N) is 1. The highest BCUT2D eigenvalue weighted by Gasteiger charge is 2.42. The van der Waals surface area contributed by atoms with E-state index in [2.05, 4.69) is 43.3 Å². The zero-order valence-electron chi connectivity index (χ0n) is 11.6. The summed E-state index contributed by atoms with van der Waals surface area (Å²) in [6, 6.07) is 4.30. The van der Waals surface area contributed by atoms with Gasteiger partial charge in [0.15, 0.2) is 0 Å². The van der Waals surface area contributed by atoms with Crippen molar-refractivity contribution in [1.82, 2.24) is 4.90 Å². The molecular weight excluding hydrogens is 244 g/mol. The highest BCUT2D eigenvalue weighted by molar-refractivity contribution is 7.09. The van der Waals surface area contributed by atoms with E-state index in [0.717, 1.165) is 26.0 Å². The monoisotopic (exact) mass is 268 g/mol. The summed E-state index contributed by atoms with van der Waals surface area (Å²) < 4.78 is 5.83. The number of likely N-dealkylation sites (N-methyl/N-ethyl adjacent to an activating group) is 1. The van der Waals surface area contributed by atoms with Gasteiger partial charge in [-0.05, 0) is 45.2 Å². The molecule has 1 aliphatic rings. The standard InChI is InChI=1S/C14H24N2OS/c1-13(2)10-14(11-15,6-7-17-13)16(3)9-12-5-4-8-18-12/h4-5,8H,6-7,9-11,15H2,1-3H3. The normalized spacial score (nSPS) is 27.6. The summed E-state index contributed by atoms with van der Waals surface area (Å²) in [4.78, 5) is 3.82. The van der Waals surface area contributed by atoms with E-state index >= 15 is 0 Å². The second kappa shape index (κ2) is 5.29. The first-order valence-corrected chi connectivity index (χ1v) is 7.43. The van der Waals surface area contributed by atoms with Crippen LogP contribution < -0.4 is 5.73 Å². The van der Waals surface area contributed by atoms with E-state index in [9.17, 15) is 0 Å². The molecule has 0 aliphatic carbocycles. The van der Waals surface area contributed by atoms with Crippen molar-refractivity contribution in [1.29, 1.82) is 0 Å². The van der Waals surface area contributed by atoms with Crippen LogP contribution in [-0.4, -0.2) is 36.2 Å². The smallest absolute Gasteiger partial charge is 0.0644 e. The van der Waals surface area contributed by atoms with Crippen molar-refractivity contribution in [3.05, 3.63) is 22.4 Å². The molecule has 2 heterocycles. The molecule has 102 valence electrons. The minimum Gasteiger partial charge on any atom is -0.375 e. The highest BCUT2D eigenvalue weighted by atomic mass is 32.1. The Kier molecular flexibility index (Phi) is 4.11. The lowest BCUT2D eigenvalue weighted by atomic mass is 9.80. The van der Waals surface area contributed by atoms with Crippen molar-refractivity contribution in [2.75, 3.05) is 20.2 Å². The van der Waals surface area contributed by atoms with Crippen LogP contribution in [0.2, 0.25) is 0 Å². The Morgan fingerprint density at radius 1 is 1.50 bits per heavy atom. The Balaban J connectivity index is 2.11. The van der Waals surface area contributed by atoms with Gasteiger partial charge in [-0.3, -0.25) is 4.90 Å². The van der Waals surface area contributed by atoms with E-state index in [4.69, 9.17) is 10.5 Å². The number of hydrogen-bond acceptors (Lipinski definition) is 4. The Morgan fingerprint density at radius 2 is 2.28 bits per heavy atom. The van der Waals surface area contributed by atoms with Crippen LogP contribution in [0.25, 0.3) is 0 Å². The fourth-order valence-corrected chi connectivity index (χ4v) is 3.67. The topological polar surface area (TPSA) is 38.5 Å². The third-order valence-electron chi connectivity index (χ3n) is 3.98. The van der Waals surface area contributed by atoms with Gasteiger partial charge in [-0.25, -0.2) is 0 Å². The van der Waals surface area contributed by atoms with Crippen molar-refractivity contribution in [2.24, 2.45) is 5.73 Å². The van der Waals surface area contributed by atoms with Gasteiger partial charge >= 0.3 is 0 Å². The van der Waals surface area contributed by atoms with Crippen LogP contribution in [0.4, 0.5) is 0 Å². The number of rotatable bonds is 4. The summed E-state index contributed by atoms with van der Waals surface area (Å²) in [5, 5.41) is 2.13. The lowest BCUT2D eigenvalue weighted by Crippen LogP contribution is -2.59. The Bertz CT molecular complexity index is 377. The van der Waals surface area contributed by atoms with Gasteiger partial charge in [0, 0.05) is 30.1 Å². The molecule has 0 amide bonds. The molecule has 3 nitrogen and oxygen atoms in total. The number of thiophene rings is 1. The maximum absolute atomic E-state index is 6.10. The molecule has 4 heteroatoms. The Labute approximate surface area is 114 Å². The van der Waals surface area contributed by atoms with Gasteiger partial charge < -0.3 is 10.5 Å². The molecule has 2 rings (SSSR count). The molecular formula is C14H24N2OS. The number of hydrogen-bond donors (Lipinski definition) is 1. The third kappa shape index (κ3) is 2.94. The van der Waals surface area contributed by atoms with Crippen LogP contribution in [0, 0.1) is 0 Å². The molecule has 1 fully saturated rings. The molecule has 1 aliphatic heterocycles. The average molecular weight is 268 g/mol. The van der Waals surface area contributed by atoms with Gasteiger partial charge in [-0.1, -0.05) is 6.07 Å². The van der Waals surface area contributed by atoms with Crippen molar-refractivity contribution in [2.45, 2.75) is 44.4 Å². The maximum atomic E-state index is 6.10. The molecule has 0 saturated carbocycles. The lowest BCUT2D eigenvalue weighted by Gasteiger charge is -2.49. The van der Waals surface area contributed by atoms with Crippen molar-refractivity contribution >= 4 is 11.3 Å². The molecule has 0 aromatic carbocycles. The van der Waals surface area contributed by atoms with E-state index in [1.807, 2.05) is 11.3 Å². The first-order valence-electron chi connectivity index (χ1n) is 6.55. The molecule has 1 aromatic heterocycles. The maximum Gasteiger partial charge on any atom is 0.0644 e. The van der Waals surface area contributed by atoms with E-state index in [1.165, 1.54) is 4.88 Å². The fraction of sp³-hybridized carbons (Fsp3) is 0.714. The van der Waals surface area contributed by atoms with Crippen LogP contribution in [-0.2, 0) is 11.3 Å². The van der Waals surface area contributed by atoms with Gasteiger partial charge in [0.25, 0.3) is 0 Å². The first kappa shape index (κ1) is 14.0. The summed E-state index contributed by atoms with van der Waals surface area (Å²) in [6.07, 6.45) is 2.02. The number of ether oxygens (including phenoxy) is 1. The molecule has 0 bridgehead atoms. The Hall–Kier alpha value is -0.420. The Morgan fingerprint density at radius 3 is 2.83 bits per heavy atom. The van der Waals surface area contributed by atoms with Gasteiger partial charge in [-0.2, -0.15) is 0 Å². The zero-order valence-corrected chi connectivity index (χ0v) is 12.4. The molecule has 0 spiro atoms. The van der Waals surface area contributed by atoms with Crippen LogP contribution >= 0.6 is 11.3 Å². The molecule has 1 atom stereocenters. The molecule has 0 radical (unpaired) electrons. The minimum atomic E-state index is -0.0681. The predicted molar refractivity (Wildman–Crippen MR) is 76.8 cm³/mol. The van der Waals surface area contributed by atoms with E-state index < -0.39 is 0 Å². The second-order valence-electron chi connectivity index (χ2n) is 5.90. The average Bonchev–Trinajstić information content (AvgIpc) is 2.80. The predicted octanol–water partition coefficient (Wildman–Crippen LogP) is 2.47. The first-order chi connectivity index (χ1) is 8.47. The minimum absolute atomic E-state index is 0.0681. The molecule has 2 N–H and O–H groups in total. The van der Waals surface area contributed by atoms with E-state index in [-0.39, 0.29) is 11.1 Å². The van der Waals surface area contributed by atoms with Crippen LogP contribution in [0.15, 0.2) is 17.5 Å². The second-order valence-corrected chi connectivity index (χ2v) is 6.93. The largest absolute Gasteiger partial charge is 0.375 e. The van der Waals surface area contributed by atoms with Crippen LogP contribution in [0.1, 0.15) is 31.6 Å². The third-order valence-corrected chi connectivity index (χ3v) is 4.84. The lowest BCUT2D eigenvalue weighted by molar-refractivity contribution is -0.114. The summed E-state index contributed by atoms with van der Waals surface area (Å²) in [5.41, 5.74) is 6.10. The molecule has 1 aromatic rings. The summed E-state index contributed by atoms with van der Waals surface area (Å²) in [7, 11) is 2.19. The zero-order chi connectivity index (χ0) is 13.2. The van der Waals surface area contributed by atoms with Gasteiger partial charge in [0.05, 0.1) is 5.60 Å². The fourth-order valence-electron chi connectivity index (χ4n) is 2.91. The SMILES string of the molecule is CN(Cc1cccs1)C1(CN)CCOC(C)(C)C1. The van der Waals surface area contributed by atoms with Crippen molar-refractivity contribution < 1.29 is 4.74 Å². The number of nitrogens with zero attached hydrogens (tertiary/aromatic N) is 1. The van der Waals surface area contributed by atoms with Crippen LogP contribution in [0.5, 0.6) is 0 Å². The molecule has 1 unspecified atom stereocenters. The molecule has 1 saturated heterocycles. The summed E-state index contributed by atoms with van der Waals surface area (Å²) >= 11 is 1.81. The quantitative estimate of drug-likeness (QED) is 0.911. The van der Waals surface area contributed by atoms with E-state index in [1.54, 1.807) is 0 Å². The summed E-state index contributed by atoms with van der Waals surface area (Å²) in [5.74, 6) is 0. The van der Waals surface area contributed by atoms with Gasteiger partial charge in [0.2, 0.25) is 0 Å². The van der Waals surface area contributed by atoms with E-state index in [0.29, 0.717) is 6.54 Å². The van der Waals surface area contributed by atoms with Crippen molar-refractivity contribution in [3.63, 3.8) is 0 Å². The van der Waals surface area contributed by atoms with Gasteiger partial charge in [-0.15, -0.1) is 11.3 Å².